The number of rotatable bonds is 8. The summed E-state index contributed by atoms with van der Waals surface area (Å²) in [5, 5.41) is 0. The van der Waals surface area contributed by atoms with Crippen LogP contribution in [0.1, 0.15) is 27.8 Å². The summed E-state index contributed by atoms with van der Waals surface area (Å²) in [6.07, 6.45) is -0.204. The van der Waals surface area contributed by atoms with E-state index in [1.807, 2.05) is 0 Å². The molecule has 9 nitrogen and oxygen atoms in total. The van der Waals surface area contributed by atoms with E-state index in [1.165, 1.54) is 32.4 Å². The Hall–Kier alpha value is -2.82. The summed E-state index contributed by atoms with van der Waals surface area (Å²) in [7, 11) is -1.98. The number of hydrogen-bond donors (Lipinski definition) is 0. The van der Waals surface area contributed by atoms with Gasteiger partial charge < -0.3 is 18.9 Å². The van der Waals surface area contributed by atoms with E-state index in [-0.39, 0.29) is 29.6 Å². The Morgan fingerprint density at radius 2 is 1.72 bits per heavy atom. The molecule has 154 valence electrons. The van der Waals surface area contributed by atoms with Gasteiger partial charge in [-0.1, -0.05) is 30.3 Å². The van der Waals surface area contributed by atoms with Crippen LogP contribution >= 0.6 is 0 Å². The molecule has 0 saturated heterocycles. The lowest BCUT2D eigenvalue weighted by Crippen LogP contribution is -2.61. The van der Waals surface area contributed by atoms with Crippen LogP contribution in [0.5, 0.6) is 11.5 Å². The van der Waals surface area contributed by atoms with Crippen LogP contribution in [0.2, 0.25) is 0 Å². The molecule has 0 spiro atoms. The molecule has 1 atom stereocenters. The minimum Gasteiger partial charge on any atom is -0.493 e. The van der Waals surface area contributed by atoms with Gasteiger partial charge in [-0.2, -0.15) is 14.0 Å². The Bertz CT molecular complexity index is 906. The lowest BCUT2D eigenvalue weighted by Gasteiger charge is -2.25. The lowest BCUT2D eigenvalue weighted by atomic mass is 10.0. The van der Waals surface area contributed by atoms with Gasteiger partial charge in [-0.3, -0.25) is 4.79 Å². The van der Waals surface area contributed by atoms with E-state index in [1.54, 1.807) is 30.3 Å². The van der Waals surface area contributed by atoms with Gasteiger partial charge in [0.1, 0.15) is 4.29 Å². The first-order valence-electron chi connectivity index (χ1n) is 8.25. The van der Waals surface area contributed by atoms with Crippen molar-refractivity contribution in [2.24, 2.45) is 0 Å². The van der Waals surface area contributed by atoms with E-state index in [0.29, 0.717) is 16.9 Å². The maximum Gasteiger partial charge on any atom is 0.381 e. The van der Waals surface area contributed by atoms with E-state index in [4.69, 9.17) is 18.9 Å². The molecular formula is C19H17ClO9. The fraction of sp³-hybridized carbons (Fsp3) is 0.211. The van der Waals surface area contributed by atoms with Crippen molar-refractivity contribution in [3.63, 3.8) is 0 Å². The number of halogens is 1. The molecule has 0 fully saturated rings. The third-order valence-corrected chi connectivity index (χ3v) is 4.35. The molecule has 0 N–H and O–H groups in total. The number of benzene rings is 2. The molecule has 2 aromatic carbocycles. The van der Waals surface area contributed by atoms with Gasteiger partial charge in [0.15, 0.2) is 23.9 Å². The van der Waals surface area contributed by atoms with E-state index >= 15 is 0 Å². The van der Waals surface area contributed by atoms with Gasteiger partial charge >= 0.3 is 6.29 Å². The fourth-order valence-electron chi connectivity index (χ4n) is 2.65. The summed E-state index contributed by atoms with van der Waals surface area (Å²) < 4.78 is 58.8. The molecular weight excluding hydrogens is 408 g/mol. The molecule has 0 saturated carbocycles. The molecule has 0 aromatic heterocycles. The lowest BCUT2D eigenvalue weighted by molar-refractivity contribution is -1.92. The first-order valence-corrected chi connectivity index (χ1v) is 9.48. The molecule has 3 rings (SSSR count). The monoisotopic (exact) mass is 424 g/mol. The van der Waals surface area contributed by atoms with Crippen LogP contribution < -0.4 is 23.5 Å². The van der Waals surface area contributed by atoms with Crippen molar-refractivity contribution in [3.05, 3.63) is 65.1 Å². The molecule has 0 radical (unpaired) electrons. The minimum absolute atomic E-state index is 0.196. The van der Waals surface area contributed by atoms with Gasteiger partial charge in [-0.25, -0.2) is 0 Å². The Morgan fingerprint density at radius 1 is 1.07 bits per heavy atom. The second-order valence-electron chi connectivity index (χ2n) is 5.79. The highest BCUT2D eigenvalue weighted by Crippen LogP contribution is 2.40. The molecule has 1 aliphatic heterocycles. The standard InChI is InChI=1S/C19H17ClO9/c1-25-16-8-13-9-18(27-11-15(21)12-6-4-3-5-7-12)28-19(29-20(22,23)24)14(13)10-17(16)26-2/h3-10,19H,11H2,1-2H3. The van der Waals surface area contributed by atoms with Gasteiger partial charge in [0.05, 0.1) is 24.5 Å². The zero-order valence-corrected chi connectivity index (χ0v) is 16.2. The smallest absolute Gasteiger partial charge is 0.381 e. The van der Waals surface area contributed by atoms with Gasteiger partial charge in [0, 0.05) is 17.2 Å². The van der Waals surface area contributed by atoms with Gasteiger partial charge in [-0.15, -0.1) is 0 Å². The minimum atomic E-state index is -4.80. The van der Waals surface area contributed by atoms with Crippen molar-refractivity contribution in [2.75, 3.05) is 20.8 Å². The molecule has 1 heterocycles. The first kappa shape index (κ1) is 20.9. The highest BCUT2D eigenvalue weighted by Gasteiger charge is 2.38. The Morgan fingerprint density at radius 3 is 2.34 bits per heavy atom. The van der Waals surface area contributed by atoms with Crippen molar-refractivity contribution >= 4 is 11.9 Å². The number of ether oxygens (including phenoxy) is 4. The predicted molar refractivity (Wildman–Crippen MR) is 89.2 cm³/mol. The van der Waals surface area contributed by atoms with Crippen molar-refractivity contribution in [3.8, 4) is 11.5 Å². The molecule has 0 aliphatic carbocycles. The van der Waals surface area contributed by atoms with Crippen LogP contribution in [0.25, 0.3) is 6.08 Å². The van der Waals surface area contributed by atoms with Crippen LogP contribution in [0.3, 0.4) is 0 Å². The van der Waals surface area contributed by atoms with Crippen LogP contribution in [0.15, 0.2) is 48.4 Å². The highest BCUT2D eigenvalue weighted by atomic mass is 35.7. The van der Waals surface area contributed by atoms with Crippen LogP contribution in [0.4, 0.5) is 0 Å². The molecule has 2 aromatic rings. The average Bonchev–Trinajstić information content (AvgIpc) is 2.70. The van der Waals surface area contributed by atoms with Gasteiger partial charge in [0.2, 0.25) is 0 Å². The second kappa shape index (κ2) is 8.68. The van der Waals surface area contributed by atoms with Crippen molar-refractivity contribution in [1.82, 2.24) is 0 Å². The quantitative estimate of drug-likeness (QED) is 0.530. The SMILES string of the molecule is COc1cc2c(cc1OC)C(O[Cl+3]([O-])([O-])[O-])OC(OCC(=O)c1ccccc1)=C2. The fourth-order valence-corrected chi connectivity index (χ4v) is 2.99. The van der Waals surface area contributed by atoms with E-state index < -0.39 is 16.5 Å². The Balaban J connectivity index is 1.87. The van der Waals surface area contributed by atoms with Gasteiger partial charge in [-0.05, 0) is 17.7 Å². The van der Waals surface area contributed by atoms with Crippen molar-refractivity contribution < 1.29 is 52.3 Å². The number of fused-ring (bicyclic) bond motifs is 1. The maximum absolute atomic E-state index is 12.2. The number of carbonyl (C=O) groups excluding carboxylic acids is 1. The summed E-state index contributed by atoms with van der Waals surface area (Å²) in [5.74, 6) is 0.115. The third kappa shape index (κ3) is 5.17. The second-order valence-corrected chi connectivity index (χ2v) is 6.73. The topological polar surface area (TPSA) is 132 Å². The van der Waals surface area contributed by atoms with Crippen LogP contribution in [0, 0.1) is 10.2 Å². The maximum atomic E-state index is 12.2. The molecule has 1 unspecified atom stereocenters. The van der Waals surface area contributed by atoms with E-state index in [2.05, 4.69) is 4.29 Å². The number of Topliss-reactive ketones (excluding diaryl/α,β-unsaturated/α-hetero) is 1. The van der Waals surface area contributed by atoms with Gasteiger partial charge in [0.25, 0.3) is 5.95 Å². The van der Waals surface area contributed by atoms with Crippen LogP contribution in [-0.2, 0) is 13.8 Å². The molecule has 10 heteroatoms. The summed E-state index contributed by atoms with van der Waals surface area (Å²) in [4.78, 5) is 12.2. The molecule has 0 bridgehead atoms. The third-order valence-electron chi connectivity index (χ3n) is 3.97. The zero-order chi connectivity index (χ0) is 21.0. The van der Waals surface area contributed by atoms with Crippen molar-refractivity contribution in [1.29, 1.82) is 0 Å². The summed E-state index contributed by atoms with van der Waals surface area (Å²) in [5.41, 5.74) is 1.04. The normalized spacial score (nSPS) is 15.6. The van der Waals surface area contributed by atoms with Crippen LogP contribution in [-0.4, -0.2) is 26.6 Å². The summed E-state index contributed by atoms with van der Waals surface area (Å²) >= 11 is 0. The zero-order valence-electron chi connectivity index (χ0n) is 15.5. The summed E-state index contributed by atoms with van der Waals surface area (Å²) in [6.45, 7) is -0.368. The predicted octanol–water partition coefficient (Wildman–Crippen LogP) is -0.156. The molecule has 29 heavy (non-hydrogen) atoms. The summed E-state index contributed by atoms with van der Waals surface area (Å²) in [6, 6.07) is 11.4. The number of methoxy groups -OCH3 is 2. The van der Waals surface area contributed by atoms with E-state index in [9.17, 15) is 18.8 Å². The Kier molecular flexibility index (Phi) is 6.26. The van der Waals surface area contributed by atoms with Crippen molar-refractivity contribution in [2.45, 2.75) is 6.29 Å². The molecule has 0 amide bonds. The Labute approximate surface area is 168 Å². The number of ketones is 1. The largest absolute Gasteiger partial charge is 0.493 e. The number of hydrogen-bond acceptors (Lipinski definition) is 9. The number of carbonyl (C=O) groups is 1. The van der Waals surface area contributed by atoms with E-state index in [0.717, 1.165) is 0 Å². The molecule has 1 aliphatic rings. The first-order chi connectivity index (χ1) is 13.8. The highest BCUT2D eigenvalue weighted by molar-refractivity contribution is 5.97. The average molecular weight is 425 g/mol.